The number of piperidine rings is 1. The minimum absolute atomic E-state index is 0. The second kappa shape index (κ2) is 9.85. The topological polar surface area (TPSA) is 103 Å². The molecule has 0 radical (unpaired) electrons. The molecule has 172 valence electrons. The Morgan fingerprint density at radius 1 is 1.16 bits per heavy atom. The van der Waals surface area contributed by atoms with Crippen LogP contribution in [-0.2, 0) is 14.8 Å². The van der Waals surface area contributed by atoms with Gasteiger partial charge in [0.05, 0.1) is 17.0 Å². The van der Waals surface area contributed by atoms with Gasteiger partial charge in [-0.1, -0.05) is 12.8 Å². The van der Waals surface area contributed by atoms with Gasteiger partial charge in [-0.25, -0.2) is 8.42 Å². The molecule has 1 saturated heterocycles. The summed E-state index contributed by atoms with van der Waals surface area (Å²) >= 11 is 0. The first-order valence-corrected chi connectivity index (χ1v) is 12.3. The van der Waals surface area contributed by atoms with Crippen LogP contribution in [0.15, 0.2) is 34.2 Å². The molecular weight excluding hydrogens is 438 g/mol. The van der Waals surface area contributed by atoms with Gasteiger partial charge < -0.3 is 16.0 Å². The Kier molecular flexibility index (Phi) is 7.62. The van der Waals surface area contributed by atoms with E-state index >= 15 is 0 Å². The molecule has 31 heavy (non-hydrogen) atoms. The lowest BCUT2D eigenvalue weighted by atomic mass is 9.85. The lowest BCUT2D eigenvalue weighted by Crippen LogP contribution is -2.65. The van der Waals surface area contributed by atoms with Gasteiger partial charge in [0.25, 0.3) is 0 Å². The Labute approximate surface area is 190 Å². The van der Waals surface area contributed by atoms with Crippen LogP contribution < -0.4 is 16.0 Å². The van der Waals surface area contributed by atoms with Crippen LogP contribution in [0.1, 0.15) is 45.4 Å². The largest absolute Gasteiger partial charge is 0.370 e. The number of anilines is 1. The van der Waals surface area contributed by atoms with E-state index in [1.54, 1.807) is 28.6 Å². The SMILES string of the molecule is CC(=O)Nc1ccc(S(=O)(=O)N2CCC3(CC2)NCCN=C3NC2CCCC2)cc1.Cl. The van der Waals surface area contributed by atoms with E-state index in [-0.39, 0.29) is 28.7 Å². The van der Waals surface area contributed by atoms with Gasteiger partial charge in [0.1, 0.15) is 5.84 Å². The Morgan fingerprint density at radius 3 is 2.42 bits per heavy atom. The normalized spacial score (nSPS) is 21.9. The van der Waals surface area contributed by atoms with Gasteiger partial charge in [-0.3, -0.25) is 9.79 Å². The Morgan fingerprint density at radius 2 is 1.81 bits per heavy atom. The van der Waals surface area contributed by atoms with Gasteiger partial charge in [0, 0.05) is 38.3 Å². The summed E-state index contributed by atoms with van der Waals surface area (Å²) in [5.74, 6) is 0.841. The number of amidine groups is 1. The van der Waals surface area contributed by atoms with E-state index in [9.17, 15) is 13.2 Å². The molecule has 3 N–H and O–H groups in total. The molecule has 1 aromatic carbocycles. The van der Waals surface area contributed by atoms with Crippen molar-refractivity contribution in [1.29, 1.82) is 0 Å². The monoisotopic (exact) mass is 469 g/mol. The zero-order valence-corrected chi connectivity index (χ0v) is 19.5. The molecule has 0 bridgehead atoms. The number of benzene rings is 1. The third-order valence-corrected chi connectivity index (χ3v) is 8.30. The van der Waals surface area contributed by atoms with Gasteiger partial charge in [0.2, 0.25) is 15.9 Å². The van der Waals surface area contributed by atoms with Crippen molar-refractivity contribution in [3.63, 3.8) is 0 Å². The number of amides is 1. The molecule has 1 aromatic rings. The molecule has 3 aliphatic rings. The Bertz CT molecular complexity index is 905. The van der Waals surface area contributed by atoms with Crippen LogP contribution in [0.2, 0.25) is 0 Å². The Hall–Kier alpha value is -1.68. The number of rotatable bonds is 4. The van der Waals surface area contributed by atoms with Crippen LogP contribution in [0.3, 0.4) is 0 Å². The molecule has 0 unspecified atom stereocenters. The van der Waals surface area contributed by atoms with Crippen LogP contribution >= 0.6 is 12.4 Å². The molecule has 1 aliphatic carbocycles. The van der Waals surface area contributed by atoms with Crippen LogP contribution in [0, 0.1) is 0 Å². The van der Waals surface area contributed by atoms with E-state index in [4.69, 9.17) is 4.99 Å². The van der Waals surface area contributed by atoms with E-state index in [0.29, 0.717) is 37.7 Å². The standard InChI is InChI=1S/C21H31N5O3S.ClH/c1-16(27)24-18-6-8-19(9-7-18)30(28,29)26-14-10-21(11-15-26)20(22-12-13-23-21)25-17-4-2-3-5-17;/h6-9,17,23H,2-5,10-15H2,1H3,(H,22,25)(H,24,27);1H. The first-order chi connectivity index (χ1) is 14.4. The summed E-state index contributed by atoms with van der Waals surface area (Å²) in [7, 11) is -3.57. The molecule has 4 rings (SSSR count). The van der Waals surface area contributed by atoms with Gasteiger partial charge >= 0.3 is 0 Å². The van der Waals surface area contributed by atoms with Gasteiger partial charge in [-0.05, 0) is 49.9 Å². The predicted octanol–water partition coefficient (Wildman–Crippen LogP) is 2.12. The maximum atomic E-state index is 13.1. The number of nitrogens with zero attached hydrogens (tertiary/aromatic N) is 2. The summed E-state index contributed by atoms with van der Waals surface area (Å²) in [4.78, 5) is 16.2. The van der Waals surface area contributed by atoms with E-state index in [1.807, 2.05) is 0 Å². The molecule has 1 saturated carbocycles. The molecule has 2 heterocycles. The summed E-state index contributed by atoms with van der Waals surface area (Å²) in [6, 6.07) is 6.85. The molecule has 0 aromatic heterocycles. The van der Waals surface area contributed by atoms with Crippen molar-refractivity contribution < 1.29 is 13.2 Å². The first kappa shape index (κ1) is 24.0. The number of carbonyl (C=O) groups excluding carboxylic acids is 1. The van der Waals surface area contributed by atoms with Crippen LogP contribution in [0.5, 0.6) is 0 Å². The molecule has 10 heteroatoms. The van der Waals surface area contributed by atoms with Crippen LogP contribution in [0.25, 0.3) is 0 Å². The summed E-state index contributed by atoms with van der Waals surface area (Å²) in [5, 5.41) is 9.97. The fourth-order valence-corrected chi connectivity index (χ4v) is 6.17. The molecule has 1 amide bonds. The quantitative estimate of drug-likeness (QED) is 0.626. The van der Waals surface area contributed by atoms with Crippen molar-refractivity contribution in [3.05, 3.63) is 24.3 Å². The highest BCUT2D eigenvalue weighted by Crippen LogP contribution is 2.30. The number of halogens is 1. The number of hydrogen-bond donors (Lipinski definition) is 3. The molecule has 8 nitrogen and oxygen atoms in total. The lowest BCUT2D eigenvalue weighted by Gasteiger charge is -2.45. The molecular formula is C21H32ClN5O3S. The number of aliphatic imine (C=N–C) groups is 1. The lowest BCUT2D eigenvalue weighted by molar-refractivity contribution is -0.114. The highest BCUT2D eigenvalue weighted by Gasteiger charge is 2.43. The summed E-state index contributed by atoms with van der Waals surface area (Å²) in [6.45, 7) is 3.92. The van der Waals surface area contributed by atoms with E-state index in [0.717, 1.165) is 18.9 Å². The maximum absolute atomic E-state index is 13.1. The zero-order chi connectivity index (χ0) is 21.2. The number of carbonyl (C=O) groups is 1. The third kappa shape index (κ3) is 5.22. The van der Waals surface area contributed by atoms with Crippen molar-refractivity contribution in [1.82, 2.24) is 14.9 Å². The molecule has 1 spiro atoms. The summed E-state index contributed by atoms with van der Waals surface area (Å²) in [5.41, 5.74) is 0.339. The Balaban J connectivity index is 0.00000272. The predicted molar refractivity (Wildman–Crippen MR) is 124 cm³/mol. The van der Waals surface area contributed by atoms with Crippen LogP contribution in [-0.4, -0.2) is 62.2 Å². The zero-order valence-electron chi connectivity index (χ0n) is 17.9. The molecule has 0 atom stereocenters. The number of nitrogens with one attached hydrogen (secondary N) is 3. The van der Waals surface area contributed by atoms with Crippen LogP contribution in [0.4, 0.5) is 5.69 Å². The average molecular weight is 470 g/mol. The minimum atomic E-state index is -3.57. The van der Waals surface area contributed by atoms with Crippen molar-refractivity contribution in [2.75, 3.05) is 31.5 Å². The van der Waals surface area contributed by atoms with Gasteiger partial charge in [0.15, 0.2) is 0 Å². The minimum Gasteiger partial charge on any atom is -0.370 e. The van der Waals surface area contributed by atoms with E-state index in [2.05, 4.69) is 16.0 Å². The van der Waals surface area contributed by atoms with Crippen molar-refractivity contribution in [2.24, 2.45) is 4.99 Å². The molecule has 2 aliphatic heterocycles. The van der Waals surface area contributed by atoms with Crippen molar-refractivity contribution >= 4 is 39.9 Å². The van der Waals surface area contributed by atoms with E-state index in [1.165, 1.54) is 32.6 Å². The second-order valence-electron chi connectivity index (χ2n) is 8.47. The highest BCUT2D eigenvalue weighted by molar-refractivity contribution is 7.89. The number of hydrogen-bond acceptors (Lipinski definition) is 6. The summed E-state index contributed by atoms with van der Waals surface area (Å²) in [6.07, 6.45) is 6.30. The fourth-order valence-electron chi connectivity index (χ4n) is 4.73. The smallest absolute Gasteiger partial charge is 0.243 e. The van der Waals surface area contributed by atoms with Gasteiger partial charge in [-0.15, -0.1) is 12.4 Å². The fraction of sp³-hybridized carbons (Fsp3) is 0.619. The van der Waals surface area contributed by atoms with E-state index < -0.39 is 10.0 Å². The number of sulfonamides is 1. The third-order valence-electron chi connectivity index (χ3n) is 6.38. The first-order valence-electron chi connectivity index (χ1n) is 10.8. The average Bonchev–Trinajstić information content (AvgIpc) is 3.23. The second-order valence-corrected chi connectivity index (χ2v) is 10.4. The van der Waals surface area contributed by atoms with Crippen molar-refractivity contribution in [2.45, 2.75) is 61.9 Å². The molecule has 2 fully saturated rings. The van der Waals surface area contributed by atoms with Gasteiger partial charge in [-0.2, -0.15) is 4.31 Å². The van der Waals surface area contributed by atoms with Crippen molar-refractivity contribution in [3.8, 4) is 0 Å². The summed E-state index contributed by atoms with van der Waals surface area (Å²) < 4.78 is 27.8. The maximum Gasteiger partial charge on any atom is 0.243 e. The highest BCUT2D eigenvalue weighted by atomic mass is 35.5.